The quantitative estimate of drug-likeness (QED) is 0.0169. The summed E-state index contributed by atoms with van der Waals surface area (Å²) >= 11 is 0. The van der Waals surface area contributed by atoms with Crippen LogP contribution in [0.1, 0.15) is 310 Å². The van der Waals surface area contributed by atoms with Gasteiger partial charge in [-0.2, -0.15) is 0 Å². The standard InChI is InChI=1S/C89H146O17P2/c1-5-9-13-17-21-25-29-33-37-40-41-44-47-50-54-58-62-66-70-74-87(92)100-79-84(105-88(93)75-71-67-63-59-55-51-45-36-32-28-24-20-16-12-8-4)81-103-107(95,96)101-77-83(90)78-102-108(97,98)104-82-85(106-89(94)76-72-68-64-60-56-52-48-43-39-35-31-27-23-19-15-11-7-3)80-99-86(91)73-69-65-61-57-53-49-46-42-38-34-30-26-22-18-14-10-6-2/h9-11,13-15,21-23,25-27,33-35,37-39,41,44,46,48-50,52,54,62,66,83-85,90H,5-8,12,16-20,24,28-32,36,40,42-43,45,47,51,53,55-61,63-65,67-82H2,1-4H3,(H,95,96)(H,97,98)/b13-9-,14-10-,15-11-,25-21-,26-22-,27-23-,37-33-,38-34-,39-35-,44-41-,49-46-,52-48-,54-50-,66-62-. The molecule has 108 heavy (non-hydrogen) atoms. The molecule has 0 aromatic carbocycles. The molecule has 0 amide bonds. The maximum Gasteiger partial charge on any atom is 0.472 e. The molecule has 0 aliphatic carbocycles. The SMILES string of the molecule is CC/C=C\C/C=C\C/C=C\C/C=C\C/C=C\C/C=C\CCC(=O)OCC(COP(=O)(O)OCC(O)COP(=O)(O)OCC(COC(=O)CCCCCC/C=C\C/C=C\C/C=C\C/C=C\CC)OC(=O)CCCCCC/C=C\C/C=C\C/C=C\C/C=C\CC)OC(=O)CCCCCCCCCCCCCCCCC. The van der Waals surface area contributed by atoms with Gasteiger partial charge in [-0.1, -0.05) is 313 Å². The van der Waals surface area contributed by atoms with Crippen molar-refractivity contribution in [2.45, 2.75) is 329 Å². The summed E-state index contributed by atoms with van der Waals surface area (Å²) in [5, 5.41) is 10.7. The minimum atomic E-state index is -5.00. The molecule has 5 unspecified atom stereocenters. The first kappa shape index (κ1) is 102. The van der Waals surface area contributed by atoms with E-state index in [1.807, 2.05) is 18.2 Å². The van der Waals surface area contributed by atoms with E-state index < -0.39 is 97.5 Å². The minimum Gasteiger partial charge on any atom is -0.462 e. The van der Waals surface area contributed by atoms with E-state index in [-0.39, 0.29) is 25.7 Å². The lowest BCUT2D eigenvalue weighted by Gasteiger charge is -2.21. The third-order valence-corrected chi connectivity index (χ3v) is 18.6. The molecule has 0 aliphatic heterocycles. The van der Waals surface area contributed by atoms with E-state index in [1.54, 1.807) is 0 Å². The first-order valence-corrected chi connectivity index (χ1v) is 44.4. The smallest absolute Gasteiger partial charge is 0.462 e. The van der Waals surface area contributed by atoms with Crippen molar-refractivity contribution in [2.75, 3.05) is 39.6 Å². The third kappa shape index (κ3) is 78.5. The van der Waals surface area contributed by atoms with E-state index in [4.69, 9.17) is 37.0 Å². The number of aliphatic hydroxyl groups is 1. The van der Waals surface area contributed by atoms with E-state index in [1.165, 1.54) is 64.2 Å². The summed E-state index contributed by atoms with van der Waals surface area (Å²) in [5.41, 5.74) is 0. The van der Waals surface area contributed by atoms with Gasteiger partial charge < -0.3 is 33.8 Å². The van der Waals surface area contributed by atoms with Crippen LogP contribution in [0, 0.1) is 0 Å². The van der Waals surface area contributed by atoms with Gasteiger partial charge in [-0.05, 0) is 141 Å². The van der Waals surface area contributed by atoms with Crippen LogP contribution >= 0.6 is 15.6 Å². The van der Waals surface area contributed by atoms with E-state index in [9.17, 15) is 43.2 Å². The molecular formula is C89H146O17P2. The van der Waals surface area contributed by atoms with Gasteiger partial charge in [0.1, 0.15) is 19.3 Å². The first-order valence-electron chi connectivity index (χ1n) is 41.4. The van der Waals surface area contributed by atoms with Crippen LogP contribution in [0.2, 0.25) is 0 Å². The van der Waals surface area contributed by atoms with E-state index in [0.717, 1.165) is 161 Å². The fourth-order valence-electron chi connectivity index (χ4n) is 10.5. The maximum atomic E-state index is 13.1. The van der Waals surface area contributed by atoms with Crippen LogP contribution in [0.3, 0.4) is 0 Å². The highest BCUT2D eigenvalue weighted by Gasteiger charge is 2.30. The number of unbranched alkanes of at least 4 members (excludes halogenated alkanes) is 22. The second kappa shape index (κ2) is 79.5. The second-order valence-corrected chi connectivity index (χ2v) is 29.8. The molecule has 0 saturated heterocycles. The molecule has 614 valence electrons. The molecule has 0 heterocycles. The Kier molecular flexibility index (Phi) is 75.4. The second-order valence-electron chi connectivity index (χ2n) is 26.9. The van der Waals surface area contributed by atoms with Crippen molar-refractivity contribution < 1.29 is 80.2 Å². The number of rotatable bonds is 76. The van der Waals surface area contributed by atoms with Crippen LogP contribution in [0.5, 0.6) is 0 Å². The molecule has 19 heteroatoms. The van der Waals surface area contributed by atoms with Gasteiger partial charge in [0.15, 0.2) is 12.2 Å². The Bertz CT molecular complexity index is 2710. The maximum absolute atomic E-state index is 13.1. The molecule has 0 saturated carbocycles. The highest BCUT2D eigenvalue weighted by atomic mass is 31.2. The summed E-state index contributed by atoms with van der Waals surface area (Å²) in [7, 11) is -10.0. The topological polar surface area (TPSA) is 237 Å². The lowest BCUT2D eigenvalue weighted by molar-refractivity contribution is -0.161. The minimum absolute atomic E-state index is 0.0323. The number of hydrogen-bond donors (Lipinski definition) is 3. The summed E-state index contributed by atoms with van der Waals surface area (Å²) in [5.74, 6) is -2.33. The van der Waals surface area contributed by atoms with Gasteiger partial charge in [0.05, 0.1) is 26.4 Å². The average molecular weight is 1550 g/mol. The zero-order valence-electron chi connectivity index (χ0n) is 67.2. The molecule has 0 bridgehead atoms. The Morgan fingerprint density at radius 2 is 0.500 bits per heavy atom. The zero-order chi connectivity index (χ0) is 78.9. The molecular weight excluding hydrogens is 1400 g/mol. The van der Waals surface area contributed by atoms with Crippen molar-refractivity contribution in [3.63, 3.8) is 0 Å². The van der Waals surface area contributed by atoms with Crippen LogP contribution in [0.15, 0.2) is 170 Å². The van der Waals surface area contributed by atoms with Crippen LogP contribution in [-0.4, -0.2) is 96.7 Å². The molecule has 3 N–H and O–H groups in total. The van der Waals surface area contributed by atoms with Gasteiger partial charge in [0.2, 0.25) is 0 Å². The highest BCUT2D eigenvalue weighted by Crippen LogP contribution is 2.45. The van der Waals surface area contributed by atoms with Gasteiger partial charge in [0.25, 0.3) is 0 Å². The predicted molar refractivity (Wildman–Crippen MR) is 445 cm³/mol. The molecule has 0 aromatic heterocycles. The van der Waals surface area contributed by atoms with Crippen molar-refractivity contribution in [1.29, 1.82) is 0 Å². The Morgan fingerprint density at radius 3 is 0.796 bits per heavy atom. The Hall–Kier alpha value is -5.58. The Balaban J connectivity index is 5.49. The largest absolute Gasteiger partial charge is 0.472 e. The summed E-state index contributed by atoms with van der Waals surface area (Å²) in [6.45, 7) is 4.41. The molecule has 0 radical (unpaired) electrons. The van der Waals surface area contributed by atoms with Gasteiger partial charge >= 0.3 is 39.5 Å². The van der Waals surface area contributed by atoms with Crippen LogP contribution in [0.25, 0.3) is 0 Å². The fourth-order valence-corrected chi connectivity index (χ4v) is 12.1. The average Bonchev–Trinajstić information content (AvgIpc) is 0.901. The lowest BCUT2D eigenvalue weighted by atomic mass is 10.0. The summed E-state index contributed by atoms with van der Waals surface area (Å²) in [6.07, 6.45) is 94.8. The number of hydrogen-bond acceptors (Lipinski definition) is 15. The Morgan fingerprint density at radius 1 is 0.269 bits per heavy atom. The number of carbonyl (C=O) groups is 4. The summed E-state index contributed by atoms with van der Waals surface area (Å²) in [4.78, 5) is 73.1. The first-order chi connectivity index (χ1) is 52.7. The Labute approximate surface area is 654 Å². The van der Waals surface area contributed by atoms with Crippen molar-refractivity contribution in [3.05, 3.63) is 170 Å². The highest BCUT2D eigenvalue weighted by molar-refractivity contribution is 7.47. The number of phosphoric acid groups is 2. The molecule has 0 rings (SSSR count). The van der Waals surface area contributed by atoms with Crippen molar-refractivity contribution in [2.24, 2.45) is 0 Å². The fraction of sp³-hybridized carbons (Fsp3) is 0.640. The van der Waals surface area contributed by atoms with Crippen LogP contribution in [-0.2, 0) is 65.4 Å². The number of allylic oxidation sites excluding steroid dienone is 28. The normalized spacial score (nSPS) is 14.7. The summed E-state index contributed by atoms with van der Waals surface area (Å²) < 4.78 is 68.6. The lowest BCUT2D eigenvalue weighted by Crippen LogP contribution is -2.30. The molecule has 0 aliphatic rings. The van der Waals surface area contributed by atoms with Gasteiger partial charge in [-0.25, -0.2) is 9.13 Å². The van der Waals surface area contributed by atoms with Gasteiger partial charge in [-0.3, -0.25) is 37.3 Å². The van der Waals surface area contributed by atoms with Crippen molar-refractivity contribution in [3.8, 4) is 0 Å². The monoisotopic (exact) mass is 1550 g/mol. The van der Waals surface area contributed by atoms with Crippen LogP contribution in [0.4, 0.5) is 0 Å². The third-order valence-electron chi connectivity index (χ3n) is 16.7. The van der Waals surface area contributed by atoms with E-state index in [2.05, 4.69) is 180 Å². The molecule has 5 atom stereocenters. The number of ether oxygens (including phenoxy) is 4. The number of carbonyl (C=O) groups excluding carboxylic acids is 4. The number of esters is 4. The predicted octanol–water partition coefficient (Wildman–Crippen LogP) is 24.6. The molecule has 0 spiro atoms. The number of aliphatic hydroxyl groups excluding tert-OH is 1. The number of phosphoric ester groups is 2. The van der Waals surface area contributed by atoms with Crippen LogP contribution < -0.4 is 0 Å². The van der Waals surface area contributed by atoms with Gasteiger partial charge in [-0.15, -0.1) is 0 Å². The van der Waals surface area contributed by atoms with E-state index in [0.29, 0.717) is 32.1 Å². The van der Waals surface area contributed by atoms with Crippen molar-refractivity contribution >= 4 is 39.5 Å². The molecule has 0 fully saturated rings. The van der Waals surface area contributed by atoms with Crippen molar-refractivity contribution in [1.82, 2.24) is 0 Å². The summed E-state index contributed by atoms with van der Waals surface area (Å²) in [6, 6.07) is 0. The van der Waals surface area contributed by atoms with Gasteiger partial charge in [0, 0.05) is 25.7 Å². The molecule has 0 aromatic rings. The molecule has 17 nitrogen and oxygen atoms in total. The van der Waals surface area contributed by atoms with E-state index >= 15 is 0 Å². The zero-order valence-corrected chi connectivity index (χ0v) is 69.0.